The number of thiophene rings is 1. The summed E-state index contributed by atoms with van der Waals surface area (Å²) >= 11 is 3.09. The lowest BCUT2D eigenvalue weighted by Gasteiger charge is -2.33. The molecule has 2 heterocycles. The molecule has 0 aromatic carbocycles. The van der Waals surface area contributed by atoms with E-state index in [0.29, 0.717) is 5.75 Å². The molecule has 3 atom stereocenters. The highest BCUT2D eigenvalue weighted by molar-refractivity contribution is 8.00. The Balaban J connectivity index is 2.15. The predicted octanol–water partition coefficient (Wildman–Crippen LogP) is 2.71. The number of carbonyl (C=O) groups excluding carboxylic acids is 1. The molecule has 0 radical (unpaired) electrons. The third-order valence-electron chi connectivity index (χ3n) is 3.57. The molecule has 110 valence electrons. The number of rotatable bonds is 3. The van der Waals surface area contributed by atoms with E-state index in [1.54, 1.807) is 23.3 Å². The highest BCUT2D eigenvalue weighted by Crippen LogP contribution is 2.32. The van der Waals surface area contributed by atoms with E-state index in [-0.39, 0.29) is 17.4 Å². The van der Waals surface area contributed by atoms with Gasteiger partial charge in [-0.05, 0) is 25.3 Å². The number of carboxylic acids is 1. The van der Waals surface area contributed by atoms with Crippen LogP contribution in [0.3, 0.4) is 0 Å². The Hall–Kier alpha value is -1.21. The van der Waals surface area contributed by atoms with Gasteiger partial charge in [-0.1, -0.05) is 6.07 Å². The van der Waals surface area contributed by atoms with Crippen molar-refractivity contribution in [2.75, 3.05) is 12.8 Å². The van der Waals surface area contributed by atoms with Gasteiger partial charge in [-0.3, -0.25) is 4.90 Å². The molecule has 0 saturated carbocycles. The maximum absolute atomic E-state index is 12.6. The Labute approximate surface area is 126 Å². The summed E-state index contributed by atoms with van der Waals surface area (Å²) in [4.78, 5) is 28.0. The van der Waals surface area contributed by atoms with Gasteiger partial charge in [0.25, 0.3) is 0 Å². The number of carbonyl (C=O) groups is 2. The monoisotopic (exact) mass is 314 g/mol. The van der Waals surface area contributed by atoms with Gasteiger partial charge >= 0.3 is 12.0 Å². The van der Waals surface area contributed by atoms with Gasteiger partial charge in [0.15, 0.2) is 0 Å². The second-order valence-corrected chi connectivity index (χ2v) is 7.11. The maximum atomic E-state index is 12.6. The van der Waals surface area contributed by atoms with Crippen LogP contribution in [0.15, 0.2) is 17.5 Å². The van der Waals surface area contributed by atoms with Crippen LogP contribution in [0.2, 0.25) is 0 Å². The van der Waals surface area contributed by atoms with E-state index in [1.165, 1.54) is 16.7 Å². The Bertz CT molecular complexity index is 492. The van der Waals surface area contributed by atoms with Crippen molar-refractivity contribution >= 4 is 35.1 Å². The number of carboxylic acid groups (broad SMARTS) is 1. The first-order chi connectivity index (χ1) is 9.43. The number of hydrogen-bond donors (Lipinski definition) is 1. The van der Waals surface area contributed by atoms with Crippen molar-refractivity contribution < 1.29 is 14.7 Å². The smallest absolute Gasteiger partial charge is 0.327 e. The molecule has 1 aromatic rings. The van der Waals surface area contributed by atoms with Gasteiger partial charge in [0.1, 0.15) is 6.04 Å². The van der Waals surface area contributed by atoms with Crippen LogP contribution >= 0.6 is 23.1 Å². The minimum absolute atomic E-state index is 0.0604. The topological polar surface area (TPSA) is 60.9 Å². The summed E-state index contributed by atoms with van der Waals surface area (Å²) in [5, 5.41) is 11.1. The zero-order valence-electron chi connectivity index (χ0n) is 11.6. The molecule has 2 amide bonds. The largest absolute Gasteiger partial charge is 0.480 e. The summed E-state index contributed by atoms with van der Waals surface area (Å²) in [5.74, 6) is -0.490. The minimum Gasteiger partial charge on any atom is -0.480 e. The van der Waals surface area contributed by atoms with Gasteiger partial charge in [-0.25, -0.2) is 9.59 Å². The van der Waals surface area contributed by atoms with Gasteiger partial charge in [0, 0.05) is 17.7 Å². The number of thioether (sulfide) groups is 1. The Morgan fingerprint density at radius 1 is 1.55 bits per heavy atom. The van der Waals surface area contributed by atoms with E-state index in [0.717, 1.165) is 4.88 Å². The van der Waals surface area contributed by atoms with E-state index in [1.807, 2.05) is 31.4 Å². The predicted molar refractivity (Wildman–Crippen MR) is 81.1 cm³/mol. The number of nitrogens with zero attached hydrogens (tertiary/aromatic N) is 2. The van der Waals surface area contributed by atoms with E-state index >= 15 is 0 Å². The molecule has 5 nitrogen and oxygen atoms in total. The number of hydrogen-bond acceptors (Lipinski definition) is 4. The van der Waals surface area contributed by atoms with Crippen molar-refractivity contribution in [3.05, 3.63) is 22.4 Å². The quantitative estimate of drug-likeness (QED) is 0.932. The SMILES string of the molecule is CC(c1cccs1)N(C)C(=O)N1C(C)SCC1C(=O)O. The fourth-order valence-electron chi connectivity index (χ4n) is 2.19. The van der Waals surface area contributed by atoms with Gasteiger partial charge in [-0.2, -0.15) is 0 Å². The lowest BCUT2D eigenvalue weighted by atomic mass is 10.2. The van der Waals surface area contributed by atoms with Crippen LogP contribution in [0, 0.1) is 0 Å². The fourth-order valence-corrected chi connectivity index (χ4v) is 4.18. The lowest BCUT2D eigenvalue weighted by Crippen LogP contribution is -2.50. The fraction of sp³-hybridized carbons (Fsp3) is 0.538. The normalized spacial score (nSPS) is 23.6. The van der Waals surface area contributed by atoms with Crippen molar-refractivity contribution in [2.45, 2.75) is 31.3 Å². The Morgan fingerprint density at radius 2 is 2.25 bits per heavy atom. The van der Waals surface area contributed by atoms with E-state index in [9.17, 15) is 14.7 Å². The van der Waals surface area contributed by atoms with Crippen molar-refractivity contribution in [1.82, 2.24) is 9.80 Å². The van der Waals surface area contributed by atoms with Crippen LogP contribution in [-0.4, -0.2) is 51.1 Å². The molecule has 1 aliphatic rings. The molecule has 0 aliphatic carbocycles. The molecule has 1 N–H and O–H groups in total. The summed E-state index contributed by atoms with van der Waals surface area (Å²) in [6, 6.07) is 2.91. The molecular formula is C13H18N2O3S2. The molecule has 0 spiro atoms. The third-order valence-corrected chi connectivity index (χ3v) is 5.83. The van der Waals surface area contributed by atoms with Crippen molar-refractivity contribution in [3.8, 4) is 0 Å². The van der Waals surface area contributed by atoms with Crippen LogP contribution in [0.4, 0.5) is 4.79 Å². The summed E-state index contributed by atoms with van der Waals surface area (Å²) in [6.45, 7) is 3.82. The van der Waals surface area contributed by atoms with Crippen LogP contribution in [0.1, 0.15) is 24.8 Å². The third kappa shape index (κ3) is 2.78. The van der Waals surface area contributed by atoms with Crippen molar-refractivity contribution in [3.63, 3.8) is 0 Å². The van der Waals surface area contributed by atoms with E-state index < -0.39 is 12.0 Å². The first-order valence-electron chi connectivity index (χ1n) is 6.36. The van der Waals surface area contributed by atoms with Crippen molar-refractivity contribution in [1.29, 1.82) is 0 Å². The molecule has 1 saturated heterocycles. The van der Waals surface area contributed by atoms with Gasteiger partial charge in [0.2, 0.25) is 0 Å². The maximum Gasteiger partial charge on any atom is 0.327 e. The molecule has 2 rings (SSSR count). The standard InChI is InChI=1S/C13H18N2O3S2/c1-8(11-5-4-6-19-11)14(3)13(18)15-9(2)20-7-10(15)12(16)17/h4-6,8-10H,7H2,1-3H3,(H,16,17). The molecule has 1 aliphatic heterocycles. The molecule has 1 aromatic heterocycles. The number of urea groups is 1. The average molecular weight is 314 g/mol. The number of amides is 2. The Kier molecular flexibility index (Phi) is 4.59. The van der Waals surface area contributed by atoms with E-state index in [4.69, 9.17) is 0 Å². The first-order valence-corrected chi connectivity index (χ1v) is 8.29. The molecule has 1 fully saturated rings. The van der Waals surface area contributed by atoms with Crippen LogP contribution < -0.4 is 0 Å². The van der Waals surface area contributed by atoms with Gasteiger partial charge in [0.05, 0.1) is 11.4 Å². The van der Waals surface area contributed by atoms with Crippen LogP contribution in [0.5, 0.6) is 0 Å². The molecular weight excluding hydrogens is 296 g/mol. The van der Waals surface area contributed by atoms with E-state index in [2.05, 4.69) is 0 Å². The highest BCUT2D eigenvalue weighted by Gasteiger charge is 2.41. The minimum atomic E-state index is -0.938. The zero-order valence-corrected chi connectivity index (χ0v) is 13.3. The summed E-state index contributed by atoms with van der Waals surface area (Å²) in [7, 11) is 1.72. The summed E-state index contributed by atoms with van der Waals surface area (Å²) in [6.07, 6.45) is 0. The van der Waals surface area contributed by atoms with Gasteiger partial charge in [-0.15, -0.1) is 23.1 Å². The molecule has 20 heavy (non-hydrogen) atoms. The van der Waals surface area contributed by atoms with Crippen LogP contribution in [0.25, 0.3) is 0 Å². The number of aliphatic carboxylic acids is 1. The molecule has 0 bridgehead atoms. The van der Waals surface area contributed by atoms with Crippen LogP contribution in [-0.2, 0) is 4.79 Å². The second kappa shape index (κ2) is 6.05. The Morgan fingerprint density at radius 3 is 2.80 bits per heavy atom. The molecule has 3 unspecified atom stereocenters. The first kappa shape index (κ1) is 15.2. The summed E-state index contributed by atoms with van der Waals surface area (Å²) < 4.78 is 0. The van der Waals surface area contributed by atoms with Crippen molar-refractivity contribution in [2.24, 2.45) is 0 Å². The zero-order chi connectivity index (χ0) is 14.9. The van der Waals surface area contributed by atoms with Gasteiger partial charge < -0.3 is 10.0 Å². The highest BCUT2D eigenvalue weighted by atomic mass is 32.2. The average Bonchev–Trinajstić information content (AvgIpc) is 3.05. The molecule has 7 heteroatoms. The lowest BCUT2D eigenvalue weighted by molar-refractivity contribution is -0.141. The second-order valence-electron chi connectivity index (χ2n) is 4.78. The summed E-state index contributed by atoms with van der Waals surface area (Å²) in [5.41, 5.74) is 0.